The number of para-hydroxylation sites is 1. The highest BCUT2D eigenvalue weighted by molar-refractivity contribution is 7.92. The molecule has 0 amide bonds. The molecule has 0 N–H and O–H groups in total. The summed E-state index contributed by atoms with van der Waals surface area (Å²) in [5, 5.41) is 0. The van der Waals surface area contributed by atoms with Crippen molar-refractivity contribution in [2.75, 3.05) is 4.90 Å². The first-order valence-corrected chi connectivity index (χ1v) is 10.4. The van der Waals surface area contributed by atoms with Crippen LogP contribution in [0.4, 0.5) is 17.3 Å². The van der Waals surface area contributed by atoms with Gasteiger partial charge >= 0.3 is 0 Å². The molecule has 28 heavy (non-hydrogen) atoms. The van der Waals surface area contributed by atoms with Crippen LogP contribution in [0.1, 0.15) is 5.56 Å². The van der Waals surface area contributed by atoms with Crippen LogP contribution in [0.25, 0.3) is 11.1 Å². The van der Waals surface area contributed by atoms with E-state index in [2.05, 4.69) is 6.07 Å². The van der Waals surface area contributed by atoms with Gasteiger partial charge in [-0.1, -0.05) is 54.1 Å². The third-order valence-corrected chi connectivity index (χ3v) is 6.79. The van der Waals surface area contributed by atoms with E-state index in [1.807, 2.05) is 66.4 Å². The molecule has 0 aliphatic carbocycles. The minimum absolute atomic E-state index is 0.186. The van der Waals surface area contributed by atoms with E-state index in [9.17, 15) is 8.42 Å². The first-order valence-electron chi connectivity index (χ1n) is 8.95. The fourth-order valence-electron chi connectivity index (χ4n) is 3.69. The van der Waals surface area contributed by atoms with E-state index >= 15 is 0 Å². The van der Waals surface area contributed by atoms with Crippen molar-refractivity contribution >= 4 is 27.1 Å². The summed E-state index contributed by atoms with van der Waals surface area (Å²) < 4.78 is 31.8. The number of benzene rings is 3. The highest BCUT2D eigenvalue weighted by atomic mass is 32.2. The Bertz CT molecular complexity index is 1290. The topological polar surface area (TPSA) is 50.5 Å². The van der Waals surface area contributed by atoms with E-state index in [1.54, 1.807) is 12.1 Å². The van der Waals surface area contributed by atoms with Crippen LogP contribution in [0.15, 0.2) is 99.3 Å². The van der Waals surface area contributed by atoms with Gasteiger partial charge in [0.1, 0.15) is 4.90 Å². The Morgan fingerprint density at radius 3 is 2.36 bits per heavy atom. The average Bonchev–Trinajstić information content (AvgIpc) is 3.21. The maximum absolute atomic E-state index is 13.1. The van der Waals surface area contributed by atoms with Gasteiger partial charge in [-0.05, 0) is 42.8 Å². The summed E-state index contributed by atoms with van der Waals surface area (Å²) in [7, 11) is -3.62. The Kier molecular flexibility index (Phi) is 3.67. The molecule has 5 rings (SSSR count). The van der Waals surface area contributed by atoms with Gasteiger partial charge in [0.05, 0.1) is 22.5 Å². The molecule has 3 aromatic carbocycles. The lowest BCUT2D eigenvalue weighted by Gasteiger charge is -2.31. The number of aryl methyl sites for hydroxylation is 1. The van der Waals surface area contributed by atoms with Gasteiger partial charge in [-0.2, -0.15) is 0 Å². The SMILES string of the molecule is Cc1ccc(N2c3ccccc3S(=O)(=O)c3ccoc32)c(-c2ccccc2)c1. The van der Waals surface area contributed by atoms with Crippen LogP contribution in [0.2, 0.25) is 0 Å². The predicted molar refractivity (Wildman–Crippen MR) is 109 cm³/mol. The molecule has 0 atom stereocenters. The summed E-state index contributed by atoms with van der Waals surface area (Å²) in [6.45, 7) is 2.04. The number of fused-ring (bicyclic) bond motifs is 2. The summed E-state index contributed by atoms with van der Waals surface area (Å²) >= 11 is 0. The lowest BCUT2D eigenvalue weighted by molar-refractivity contribution is 0.558. The van der Waals surface area contributed by atoms with Crippen LogP contribution in [0.5, 0.6) is 0 Å². The molecular formula is C23H17NO3S. The summed E-state index contributed by atoms with van der Waals surface area (Å²) in [4.78, 5) is 2.36. The minimum atomic E-state index is -3.62. The highest BCUT2D eigenvalue weighted by Crippen LogP contribution is 2.50. The molecule has 0 fully saturated rings. The number of rotatable bonds is 2. The second-order valence-electron chi connectivity index (χ2n) is 6.78. The van der Waals surface area contributed by atoms with Crippen molar-refractivity contribution in [1.29, 1.82) is 0 Å². The normalized spacial score (nSPS) is 14.4. The molecule has 0 radical (unpaired) electrons. The van der Waals surface area contributed by atoms with Gasteiger partial charge in [0.25, 0.3) is 0 Å². The maximum atomic E-state index is 13.1. The van der Waals surface area contributed by atoms with E-state index in [-0.39, 0.29) is 9.79 Å². The third-order valence-electron chi connectivity index (χ3n) is 4.98. The van der Waals surface area contributed by atoms with Crippen molar-refractivity contribution in [2.45, 2.75) is 16.7 Å². The number of anilines is 3. The zero-order valence-electron chi connectivity index (χ0n) is 15.2. The molecule has 0 bridgehead atoms. The molecule has 0 saturated heterocycles. The molecular weight excluding hydrogens is 370 g/mol. The molecule has 0 unspecified atom stereocenters. The lowest BCUT2D eigenvalue weighted by atomic mass is 10.00. The average molecular weight is 387 g/mol. The van der Waals surface area contributed by atoms with Crippen LogP contribution in [0.3, 0.4) is 0 Å². The number of nitrogens with zero attached hydrogens (tertiary/aromatic N) is 1. The lowest BCUT2D eigenvalue weighted by Crippen LogP contribution is -2.21. The molecule has 1 aliphatic heterocycles. The van der Waals surface area contributed by atoms with Crippen molar-refractivity contribution in [2.24, 2.45) is 0 Å². The van der Waals surface area contributed by atoms with Crippen LogP contribution >= 0.6 is 0 Å². The molecule has 2 heterocycles. The third kappa shape index (κ3) is 2.40. The number of hydrogen-bond donors (Lipinski definition) is 0. The number of hydrogen-bond acceptors (Lipinski definition) is 4. The van der Waals surface area contributed by atoms with Gasteiger partial charge in [0.2, 0.25) is 15.7 Å². The number of sulfone groups is 1. The van der Waals surface area contributed by atoms with Crippen LogP contribution in [-0.2, 0) is 9.84 Å². The Balaban J connectivity index is 1.84. The first-order chi connectivity index (χ1) is 13.6. The van der Waals surface area contributed by atoms with Gasteiger partial charge in [-0.15, -0.1) is 0 Å². The highest BCUT2D eigenvalue weighted by Gasteiger charge is 2.37. The minimum Gasteiger partial charge on any atom is -0.447 e. The summed E-state index contributed by atoms with van der Waals surface area (Å²) in [6.07, 6.45) is 1.43. The largest absolute Gasteiger partial charge is 0.447 e. The van der Waals surface area contributed by atoms with Gasteiger partial charge in [-0.25, -0.2) is 8.42 Å². The monoisotopic (exact) mass is 387 g/mol. The Morgan fingerprint density at radius 2 is 1.54 bits per heavy atom. The summed E-state index contributed by atoms with van der Waals surface area (Å²) in [6, 6.07) is 24.8. The Hall–Kier alpha value is -3.31. The molecule has 1 aliphatic rings. The quantitative estimate of drug-likeness (QED) is 0.380. The molecule has 138 valence electrons. The Labute approximate surface area is 163 Å². The van der Waals surface area contributed by atoms with E-state index in [4.69, 9.17) is 4.42 Å². The number of furan rings is 1. The van der Waals surface area contributed by atoms with Gasteiger partial charge in [-0.3, -0.25) is 4.90 Å². The molecule has 0 saturated carbocycles. The first kappa shape index (κ1) is 16.8. The maximum Gasteiger partial charge on any atom is 0.223 e. The van der Waals surface area contributed by atoms with E-state index in [1.165, 1.54) is 12.3 Å². The molecule has 1 aromatic heterocycles. The van der Waals surface area contributed by atoms with Crippen LogP contribution in [0, 0.1) is 6.92 Å². The standard InChI is InChI=1S/C23H17NO3S/c1-16-11-12-19(18(15-16)17-7-3-2-4-8-17)24-20-9-5-6-10-21(20)28(25,26)22-13-14-27-23(22)24/h2-15H,1H3. The van der Waals surface area contributed by atoms with Crippen molar-refractivity contribution in [1.82, 2.24) is 0 Å². The van der Waals surface area contributed by atoms with Gasteiger partial charge in [0, 0.05) is 5.56 Å². The van der Waals surface area contributed by atoms with Crippen LogP contribution in [-0.4, -0.2) is 8.42 Å². The molecule has 4 aromatic rings. The smallest absolute Gasteiger partial charge is 0.223 e. The van der Waals surface area contributed by atoms with Crippen molar-refractivity contribution in [3.8, 4) is 11.1 Å². The van der Waals surface area contributed by atoms with E-state index < -0.39 is 9.84 Å². The van der Waals surface area contributed by atoms with Crippen LogP contribution < -0.4 is 4.90 Å². The zero-order valence-corrected chi connectivity index (χ0v) is 16.0. The Morgan fingerprint density at radius 1 is 0.786 bits per heavy atom. The molecule has 4 nitrogen and oxygen atoms in total. The van der Waals surface area contributed by atoms with Crippen molar-refractivity contribution < 1.29 is 12.8 Å². The zero-order chi connectivity index (χ0) is 19.3. The summed E-state index contributed by atoms with van der Waals surface area (Å²) in [5.41, 5.74) is 4.65. The fraction of sp³-hybridized carbons (Fsp3) is 0.0435. The summed E-state index contributed by atoms with van der Waals surface area (Å²) in [5.74, 6) is 0.319. The molecule has 0 spiro atoms. The fourth-order valence-corrected chi connectivity index (χ4v) is 5.22. The van der Waals surface area contributed by atoms with E-state index in [0.29, 0.717) is 11.6 Å². The van der Waals surface area contributed by atoms with Crippen molar-refractivity contribution in [3.05, 3.63) is 90.7 Å². The van der Waals surface area contributed by atoms with Gasteiger partial charge < -0.3 is 4.42 Å². The van der Waals surface area contributed by atoms with Crippen molar-refractivity contribution in [3.63, 3.8) is 0 Å². The van der Waals surface area contributed by atoms with E-state index in [0.717, 1.165) is 22.4 Å². The van der Waals surface area contributed by atoms with Gasteiger partial charge in [0.15, 0.2) is 0 Å². The predicted octanol–water partition coefficient (Wildman–Crippen LogP) is 5.87. The second kappa shape index (κ2) is 6.11. The molecule has 5 heteroatoms. The second-order valence-corrected chi connectivity index (χ2v) is 8.67.